The molecule has 0 spiro atoms. The minimum Gasteiger partial charge on any atom is -0.337 e. The van der Waals surface area contributed by atoms with Crippen molar-refractivity contribution in [2.75, 3.05) is 26.2 Å². The quantitative estimate of drug-likeness (QED) is 0.813. The molecule has 3 rings (SSSR count). The fraction of sp³-hybridized carbons (Fsp3) is 0.412. The van der Waals surface area contributed by atoms with Crippen LogP contribution in [0.5, 0.6) is 0 Å². The summed E-state index contributed by atoms with van der Waals surface area (Å²) in [6.45, 7) is 8.12. The summed E-state index contributed by atoms with van der Waals surface area (Å²) in [5.41, 5.74) is 3.11. The predicted molar refractivity (Wildman–Crippen MR) is 86.5 cm³/mol. The number of amides is 1. The van der Waals surface area contributed by atoms with Gasteiger partial charge in [-0.2, -0.15) is 0 Å². The van der Waals surface area contributed by atoms with Gasteiger partial charge in [-0.3, -0.25) is 9.69 Å². The fourth-order valence-electron chi connectivity index (χ4n) is 2.76. The fourth-order valence-corrected chi connectivity index (χ4v) is 2.76. The van der Waals surface area contributed by atoms with E-state index in [1.54, 1.807) is 6.08 Å². The Balaban J connectivity index is 1.57. The molecule has 2 aromatic heterocycles. The molecule has 0 bridgehead atoms. The Labute approximate surface area is 130 Å². The minimum absolute atomic E-state index is 0.132. The van der Waals surface area contributed by atoms with Gasteiger partial charge in [-0.05, 0) is 26.0 Å². The monoisotopic (exact) mass is 298 g/mol. The number of piperazine rings is 1. The zero-order chi connectivity index (χ0) is 15.5. The summed E-state index contributed by atoms with van der Waals surface area (Å²) < 4.78 is 2.05. The highest BCUT2D eigenvalue weighted by Crippen LogP contribution is 2.10. The number of fused-ring (bicyclic) bond motifs is 1. The van der Waals surface area contributed by atoms with Crippen molar-refractivity contribution in [3.63, 3.8) is 0 Å². The van der Waals surface area contributed by atoms with Crippen LogP contribution in [0.25, 0.3) is 5.65 Å². The summed E-state index contributed by atoms with van der Waals surface area (Å²) in [5.74, 6) is 0.132. The maximum Gasteiger partial charge on any atom is 0.246 e. The highest BCUT2D eigenvalue weighted by molar-refractivity contribution is 5.88. The Kier molecular flexibility index (Phi) is 4.24. The molecule has 2 aromatic rings. The lowest BCUT2D eigenvalue weighted by Gasteiger charge is -2.33. The molecule has 116 valence electrons. The molecule has 1 aliphatic rings. The second kappa shape index (κ2) is 6.32. The number of pyridine rings is 1. The van der Waals surface area contributed by atoms with Gasteiger partial charge >= 0.3 is 0 Å². The molecule has 1 saturated heterocycles. The van der Waals surface area contributed by atoms with E-state index in [2.05, 4.69) is 16.1 Å². The molecule has 1 aliphatic heterocycles. The summed E-state index contributed by atoms with van der Waals surface area (Å²) in [5, 5.41) is 0. The van der Waals surface area contributed by atoms with Crippen molar-refractivity contribution in [3.8, 4) is 0 Å². The molecule has 0 saturated carbocycles. The summed E-state index contributed by atoms with van der Waals surface area (Å²) in [7, 11) is 0. The zero-order valence-corrected chi connectivity index (χ0v) is 13.2. The first-order valence-corrected chi connectivity index (χ1v) is 7.70. The van der Waals surface area contributed by atoms with Gasteiger partial charge in [0.05, 0.1) is 5.69 Å². The zero-order valence-electron chi connectivity index (χ0n) is 13.2. The second-order valence-corrected chi connectivity index (χ2v) is 6.02. The number of imidazole rings is 1. The molecule has 0 aliphatic carbocycles. The number of carbonyl (C=O) groups excluding carboxylic acids is 1. The van der Waals surface area contributed by atoms with Crippen molar-refractivity contribution < 1.29 is 4.79 Å². The highest BCUT2D eigenvalue weighted by atomic mass is 16.2. The molecule has 0 aromatic carbocycles. The van der Waals surface area contributed by atoms with Crippen LogP contribution < -0.4 is 0 Å². The maximum atomic E-state index is 12.0. The van der Waals surface area contributed by atoms with Crippen LogP contribution in [-0.4, -0.2) is 51.3 Å². The van der Waals surface area contributed by atoms with E-state index in [-0.39, 0.29) is 5.91 Å². The van der Waals surface area contributed by atoms with Crippen molar-refractivity contribution in [2.24, 2.45) is 0 Å². The van der Waals surface area contributed by atoms with E-state index in [0.29, 0.717) is 0 Å². The van der Waals surface area contributed by atoms with Gasteiger partial charge in [0.25, 0.3) is 0 Å². The number of carbonyl (C=O) groups is 1. The molecule has 1 amide bonds. The third-order valence-electron chi connectivity index (χ3n) is 3.90. The van der Waals surface area contributed by atoms with E-state index in [4.69, 9.17) is 0 Å². The number of aromatic nitrogens is 2. The number of nitrogens with zero attached hydrogens (tertiary/aromatic N) is 4. The Hall–Kier alpha value is -2.14. The molecule has 0 radical (unpaired) electrons. The summed E-state index contributed by atoms with van der Waals surface area (Å²) in [6.07, 6.45) is 5.82. The van der Waals surface area contributed by atoms with E-state index >= 15 is 0 Å². The first-order chi connectivity index (χ1) is 10.6. The summed E-state index contributed by atoms with van der Waals surface area (Å²) in [6, 6.07) is 6.02. The van der Waals surface area contributed by atoms with Gasteiger partial charge in [0.1, 0.15) is 5.65 Å². The van der Waals surface area contributed by atoms with Crippen LogP contribution >= 0.6 is 0 Å². The van der Waals surface area contributed by atoms with E-state index < -0.39 is 0 Å². The molecule has 0 unspecified atom stereocenters. The number of allylic oxidation sites excluding steroid dienone is 1. The van der Waals surface area contributed by atoms with Gasteiger partial charge in [0, 0.05) is 51.2 Å². The average molecular weight is 298 g/mol. The molecule has 0 atom stereocenters. The largest absolute Gasteiger partial charge is 0.337 e. The molecule has 22 heavy (non-hydrogen) atoms. The van der Waals surface area contributed by atoms with Gasteiger partial charge < -0.3 is 9.30 Å². The molecular weight excluding hydrogens is 276 g/mol. The number of hydrogen-bond acceptors (Lipinski definition) is 3. The van der Waals surface area contributed by atoms with E-state index in [1.807, 2.05) is 47.5 Å². The second-order valence-electron chi connectivity index (χ2n) is 6.02. The first-order valence-electron chi connectivity index (χ1n) is 7.70. The smallest absolute Gasteiger partial charge is 0.246 e. The van der Waals surface area contributed by atoms with Crippen LogP contribution in [0.3, 0.4) is 0 Å². The van der Waals surface area contributed by atoms with Crippen LogP contribution in [0.15, 0.2) is 42.2 Å². The molecule has 1 fully saturated rings. The molecule has 3 heterocycles. The van der Waals surface area contributed by atoms with Crippen LogP contribution in [0.4, 0.5) is 0 Å². The normalized spacial score (nSPS) is 16.0. The Morgan fingerprint density at radius 2 is 2.00 bits per heavy atom. The van der Waals surface area contributed by atoms with Crippen molar-refractivity contribution in [1.82, 2.24) is 19.2 Å². The van der Waals surface area contributed by atoms with Gasteiger partial charge in [-0.1, -0.05) is 11.6 Å². The van der Waals surface area contributed by atoms with Crippen LogP contribution in [0.1, 0.15) is 19.5 Å². The Morgan fingerprint density at radius 3 is 2.68 bits per heavy atom. The third-order valence-corrected chi connectivity index (χ3v) is 3.90. The Morgan fingerprint density at radius 1 is 1.23 bits per heavy atom. The van der Waals surface area contributed by atoms with Crippen LogP contribution in [0.2, 0.25) is 0 Å². The van der Waals surface area contributed by atoms with Crippen molar-refractivity contribution in [1.29, 1.82) is 0 Å². The van der Waals surface area contributed by atoms with Gasteiger partial charge in [0.15, 0.2) is 0 Å². The average Bonchev–Trinajstić information content (AvgIpc) is 2.89. The predicted octanol–water partition coefficient (Wildman–Crippen LogP) is 1.94. The third kappa shape index (κ3) is 3.36. The standard InChI is InChI=1S/C17H22N4O/c1-14(2)11-17(22)20-9-7-19(8-10-20)12-15-13-21-6-4-3-5-16(21)18-15/h3-6,11,13H,7-10,12H2,1-2H3. The van der Waals surface area contributed by atoms with Crippen LogP contribution in [0, 0.1) is 0 Å². The van der Waals surface area contributed by atoms with Crippen molar-refractivity contribution in [3.05, 3.63) is 47.9 Å². The maximum absolute atomic E-state index is 12.0. The van der Waals surface area contributed by atoms with Gasteiger partial charge in [0.2, 0.25) is 5.91 Å². The molecule has 5 nitrogen and oxygen atoms in total. The van der Waals surface area contributed by atoms with E-state index in [1.165, 1.54) is 0 Å². The number of hydrogen-bond donors (Lipinski definition) is 0. The van der Waals surface area contributed by atoms with Crippen LogP contribution in [-0.2, 0) is 11.3 Å². The summed E-state index contributed by atoms with van der Waals surface area (Å²) in [4.78, 5) is 20.9. The Bertz CT molecular complexity index is 659. The molecule has 0 N–H and O–H groups in total. The van der Waals surface area contributed by atoms with Gasteiger partial charge in [-0.25, -0.2) is 4.98 Å². The molecule has 5 heteroatoms. The first kappa shape index (κ1) is 14.8. The van der Waals surface area contributed by atoms with Gasteiger partial charge in [-0.15, -0.1) is 0 Å². The summed E-state index contributed by atoms with van der Waals surface area (Å²) >= 11 is 0. The van der Waals surface area contributed by atoms with E-state index in [0.717, 1.165) is 49.6 Å². The lowest BCUT2D eigenvalue weighted by molar-refractivity contribution is -0.127. The topological polar surface area (TPSA) is 40.9 Å². The van der Waals surface area contributed by atoms with E-state index in [9.17, 15) is 4.79 Å². The number of rotatable bonds is 3. The lowest BCUT2D eigenvalue weighted by atomic mass is 10.2. The van der Waals surface area contributed by atoms with Crippen molar-refractivity contribution in [2.45, 2.75) is 20.4 Å². The molecular formula is C17H22N4O. The van der Waals surface area contributed by atoms with Crippen molar-refractivity contribution >= 4 is 11.6 Å². The lowest BCUT2D eigenvalue weighted by Crippen LogP contribution is -2.47. The highest BCUT2D eigenvalue weighted by Gasteiger charge is 2.20. The SMILES string of the molecule is CC(C)=CC(=O)N1CCN(Cc2cn3ccccc3n2)CC1. The minimum atomic E-state index is 0.132.